The van der Waals surface area contributed by atoms with Gasteiger partial charge in [0.2, 0.25) is 5.91 Å². The third-order valence-electron chi connectivity index (χ3n) is 2.77. The van der Waals surface area contributed by atoms with E-state index in [0.29, 0.717) is 18.5 Å². The van der Waals surface area contributed by atoms with Crippen LogP contribution < -0.4 is 5.32 Å². The zero-order chi connectivity index (χ0) is 13.3. The summed E-state index contributed by atoms with van der Waals surface area (Å²) in [5.74, 6) is 0.485. The van der Waals surface area contributed by atoms with Gasteiger partial charge >= 0.3 is 0 Å². The van der Waals surface area contributed by atoms with Crippen LogP contribution in [0.1, 0.15) is 40.5 Å². The zero-order valence-corrected chi connectivity index (χ0v) is 11.5. The first-order valence-corrected chi connectivity index (χ1v) is 6.42. The highest BCUT2D eigenvalue weighted by atomic mass is 16.2. The summed E-state index contributed by atoms with van der Waals surface area (Å²) in [6.07, 6.45) is 2.10. The molecule has 0 spiro atoms. The summed E-state index contributed by atoms with van der Waals surface area (Å²) >= 11 is 0. The van der Waals surface area contributed by atoms with Crippen LogP contribution in [0.3, 0.4) is 0 Å². The number of rotatable bonds is 8. The van der Waals surface area contributed by atoms with Crippen molar-refractivity contribution in [3.63, 3.8) is 0 Å². The number of carbonyl (C=O) groups is 1. The summed E-state index contributed by atoms with van der Waals surface area (Å²) in [5, 5.41) is 11.0. The van der Waals surface area contributed by atoms with Crippen LogP contribution in [-0.2, 0) is 4.79 Å². The minimum atomic E-state index is -0.0564. The van der Waals surface area contributed by atoms with Gasteiger partial charge in [-0.2, -0.15) is 5.26 Å². The van der Waals surface area contributed by atoms with Crippen molar-refractivity contribution in [3.05, 3.63) is 0 Å². The molecule has 0 saturated carbocycles. The molecule has 4 heteroatoms. The van der Waals surface area contributed by atoms with E-state index in [9.17, 15) is 4.79 Å². The van der Waals surface area contributed by atoms with Crippen LogP contribution in [0.5, 0.6) is 0 Å². The number of nitriles is 1. The van der Waals surface area contributed by atoms with E-state index in [1.807, 2.05) is 6.07 Å². The van der Waals surface area contributed by atoms with Gasteiger partial charge in [-0.05, 0) is 18.8 Å². The standard InChI is InChI=1S/C13H25N3O/c1-5-12(6-2)16(9-11(3)4)10-13(17)15-8-7-14/h11-12H,5-6,8-10H2,1-4H3,(H,15,17). The second-order valence-electron chi connectivity index (χ2n) is 4.73. The molecule has 0 radical (unpaired) electrons. The van der Waals surface area contributed by atoms with Gasteiger partial charge in [0.15, 0.2) is 0 Å². The Morgan fingerprint density at radius 1 is 1.35 bits per heavy atom. The van der Waals surface area contributed by atoms with Crippen LogP contribution in [0.25, 0.3) is 0 Å². The summed E-state index contributed by atoms with van der Waals surface area (Å²) < 4.78 is 0. The number of amides is 1. The summed E-state index contributed by atoms with van der Waals surface area (Å²) in [4.78, 5) is 13.8. The molecule has 98 valence electrons. The number of nitrogens with zero attached hydrogens (tertiary/aromatic N) is 2. The lowest BCUT2D eigenvalue weighted by Gasteiger charge is -2.31. The van der Waals surface area contributed by atoms with E-state index in [0.717, 1.165) is 19.4 Å². The van der Waals surface area contributed by atoms with Crippen molar-refractivity contribution in [2.45, 2.75) is 46.6 Å². The molecule has 0 bridgehead atoms. The zero-order valence-electron chi connectivity index (χ0n) is 11.5. The second-order valence-corrected chi connectivity index (χ2v) is 4.73. The van der Waals surface area contributed by atoms with E-state index in [1.54, 1.807) is 0 Å². The molecule has 4 nitrogen and oxygen atoms in total. The molecular formula is C13H25N3O. The van der Waals surface area contributed by atoms with E-state index in [-0.39, 0.29) is 12.5 Å². The van der Waals surface area contributed by atoms with Gasteiger partial charge in [-0.25, -0.2) is 0 Å². The molecule has 0 aromatic heterocycles. The maximum atomic E-state index is 11.6. The Balaban J connectivity index is 4.37. The van der Waals surface area contributed by atoms with Gasteiger partial charge < -0.3 is 5.32 Å². The molecule has 0 aromatic carbocycles. The molecule has 1 N–H and O–H groups in total. The van der Waals surface area contributed by atoms with E-state index in [2.05, 4.69) is 37.9 Å². The maximum Gasteiger partial charge on any atom is 0.235 e. The minimum Gasteiger partial charge on any atom is -0.342 e. The predicted octanol–water partition coefficient (Wildman–Crippen LogP) is 1.77. The summed E-state index contributed by atoms with van der Waals surface area (Å²) in [7, 11) is 0. The van der Waals surface area contributed by atoms with E-state index < -0.39 is 0 Å². The minimum absolute atomic E-state index is 0.0564. The highest BCUT2D eigenvalue weighted by Gasteiger charge is 2.18. The lowest BCUT2D eigenvalue weighted by molar-refractivity contribution is -0.122. The first kappa shape index (κ1) is 15.9. The third-order valence-corrected chi connectivity index (χ3v) is 2.77. The average molecular weight is 239 g/mol. The van der Waals surface area contributed by atoms with Crippen LogP contribution in [0, 0.1) is 17.2 Å². The molecule has 0 aliphatic rings. The van der Waals surface area contributed by atoms with Gasteiger partial charge in [-0.15, -0.1) is 0 Å². The Hall–Kier alpha value is -1.08. The molecule has 0 aromatic rings. The van der Waals surface area contributed by atoms with E-state index in [1.165, 1.54) is 0 Å². The Morgan fingerprint density at radius 2 is 1.94 bits per heavy atom. The van der Waals surface area contributed by atoms with Gasteiger partial charge in [0.1, 0.15) is 6.54 Å². The van der Waals surface area contributed by atoms with E-state index >= 15 is 0 Å². The lowest BCUT2D eigenvalue weighted by atomic mass is 10.1. The fourth-order valence-corrected chi connectivity index (χ4v) is 2.00. The number of nitrogens with one attached hydrogen (secondary N) is 1. The molecule has 17 heavy (non-hydrogen) atoms. The van der Waals surface area contributed by atoms with Crippen LogP contribution in [0.4, 0.5) is 0 Å². The van der Waals surface area contributed by atoms with Gasteiger partial charge in [-0.1, -0.05) is 27.7 Å². The van der Waals surface area contributed by atoms with Gasteiger partial charge in [0, 0.05) is 12.6 Å². The first-order valence-electron chi connectivity index (χ1n) is 6.42. The van der Waals surface area contributed by atoms with Crippen LogP contribution >= 0.6 is 0 Å². The molecule has 1 amide bonds. The predicted molar refractivity (Wildman–Crippen MR) is 69.4 cm³/mol. The summed E-state index contributed by atoms with van der Waals surface area (Å²) in [6, 6.07) is 2.37. The Bertz CT molecular complexity index is 254. The quantitative estimate of drug-likeness (QED) is 0.657. The normalized spacial score (nSPS) is 10.9. The monoisotopic (exact) mass is 239 g/mol. The molecule has 0 aliphatic carbocycles. The molecule has 0 rings (SSSR count). The third kappa shape index (κ3) is 6.96. The van der Waals surface area contributed by atoms with Crippen molar-refractivity contribution in [2.75, 3.05) is 19.6 Å². The highest BCUT2D eigenvalue weighted by Crippen LogP contribution is 2.10. The number of hydrogen-bond donors (Lipinski definition) is 1. The Morgan fingerprint density at radius 3 is 2.35 bits per heavy atom. The molecule has 0 heterocycles. The second kappa shape index (κ2) is 9.00. The van der Waals surface area contributed by atoms with E-state index in [4.69, 9.17) is 5.26 Å². The fourth-order valence-electron chi connectivity index (χ4n) is 2.00. The lowest BCUT2D eigenvalue weighted by Crippen LogP contribution is -2.44. The van der Waals surface area contributed by atoms with Crippen LogP contribution in [-0.4, -0.2) is 36.5 Å². The number of hydrogen-bond acceptors (Lipinski definition) is 3. The highest BCUT2D eigenvalue weighted by molar-refractivity contribution is 5.78. The maximum absolute atomic E-state index is 11.6. The van der Waals surface area contributed by atoms with Crippen molar-refractivity contribution in [2.24, 2.45) is 5.92 Å². The molecule has 0 saturated heterocycles. The van der Waals surface area contributed by atoms with Gasteiger partial charge in [-0.3, -0.25) is 9.69 Å². The van der Waals surface area contributed by atoms with Crippen molar-refractivity contribution < 1.29 is 4.79 Å². The SMILES string of the molecule is CCC(CC)N(CC(=O)NCC#N)CC(C)C. The summed E-state index contributed by atoms with van der Waals surface area (Å²) in [6.45, 7) is 10.0. The molecule has 0 fully saturated rings. The molecule has 0 atom stereocenters. The fraction of sp³-hybridized carbons (Fsp3) is 0.846. The topological polar surface area (TPSA) is 56.1 Å². The molecule has 0 unspecified atom stereocenters. The van der Waals surface area contributed by atoms with Crippen molar-refractivity contribution in [3.8, 4) is 6.07 Å². The smallest absolute Gasteiger partial charge is 0.235 e. The van der Waals surface area contributed by atoms with Gasteiger partial charge in [0.25, 0.3) is 0 Å². The first-order chi connectivity index (χ1) is 8.04. The van der Waals surface area contributed by atoms with Crippen molar-refractivity contribution in [1.82, 2.24) is 10.2 Å². The molecule has 0 aliphatic heterocycles. The van der Waals surface area contributed by atoms with Crippen LogP contribution in [0.2, 0.25) is 0 Å². The van der Waals surface area contributed by atoms with Gasteiger partial charge in [0.05, 0.1) is 12.6 Å². The van der Waals surface area contributed by atoms with Crippen LogP contribution in [0.15, 0.2) is 0 Å². The largest absolute Gasteiger partial charge is 0.342 e. The average Bonchev–Trinajstić information content (AvgIpc) is 2.27. The molecular weight excluding hydrogens is 214 g/mol. The van der Waals surface area contributed by atoms with Crippen molar-refractivity contribution in [1.29, 1.82) is 5.26 Å². The Labute approximate surface area is 105 Å². The number of carbonyl (C=O) groups excluding carboxylic acids is 1. The Kier molecular flexibility index (Phi) is 8.43. The summed E-state index contributed by atoms with van der Waals surface area (Å²) in [5.41, 5.74) is 0. The van der Waals surface area contributed by atoms with Crippen molar-refractivity contribution >= 4 is 5.91 Å².